The number of benzene rings is 1. The Kier molecular flexibility index (Phi) is 5.18. The molecule has 0 amide bonds. The van der Waals surface area contributed by atoms with Gasteiger partial charge in [-0.1, -0.05) is 25.1 Å². The van der Waals surface area contributed by atoms with Crippen LogP contribution in [0.2, 0.25) is 0 Å². The minimum Gasteiger partial charge on any atom is -0.313 e. The van der Waals surface area contributed by atoms with E-state index >= 15 is 0 Å². The third-order valence-corrected chi connectivity index (χ3v) is 5.33. The van der Waals surface area contributed by atoms with Crippen LogP contribution in [0.3, 0.4) is 0 Å². The highest BCUT2D eigenvalue weighted by molar-refractivity contribution is 7.89. The summed E-state index contributed by atoms with van der Waals surface area (Å²) in [5.74, 6) is 0.509. The molecule has 0 aliphatic heterocycles. The lowest BCUT2D eigenvalue weighted by Gasteiger charge is -2.16. The van der Waals surface area contributed by atoms with Crippen LogP contribution in [0, 0.1) is 5.92 Å². The molecule has 2 rings (SSSR count). The molecule has 0 radical (unpaired) electrons. The molecule has 1 saturated carbocycles. The molecule has 1 aromatic carbocycles. The minimum absolute atomic E-state index is 0.0247. The highest BCUT2D eigenvalue weighted by atomic mass is 32.2. The van der Waals surface area contributed by atoms with E-state index in [9.17, 15) is 8.42 Å². The van der Waals surface area contributed by atoms with Crippen LogP contribution < -0.4 is 10.0 Å². The first-order valence-electron chi connectivity index (χ1n) is 7.35. The maximum atomic E-state index is 12.5. The van der Waals surface area contributed by atoms with Crippen molar-refractivity contribution in [1.29, 1.82) is 0 Å². The highest BCUT2D eigenvalue weighted by Gasteiger charge is 2.31. The minimum atomic E-state index is -3.42. The molecule has 112 valence electrons. The van der Waals surface area contributed by atoms with Crippen LogP contribution >= 0.6 is 0 Å². The van der Waals surface area contributed by atoms with Crippen LogP contribution in [0.25, 0.3) is 0 Å². The molecule has 0 bridgehead atoms. The number of rotatable bonds is 8. The van der Waals surface area contributed by atoms with Gasteiger partial charge in [0, 0.05) is 12.6 Å². The third kappa shape index (κ3) is 4.04. The largest absolute Gasteiger partial charge is 0.313 e. The van der Waals surface area contributed by atoms with Gasteiger partial charge in [-0.15, -0.1) is 0 Å². The average Bonchev–Trinajstić information content (AvgIpc) is 3.23. The van der Waals surface area contributed by atoms with Gasteiger partial charge in [-0.25, -0.2) is 13.1 Å². The van der Waals surface area contributed by atoms with Gasteiger partial charge in [0.2, 0.25) is 10.0 Å². The molecule has 0 heterocycles. The topological polar surface area (TPSA) is 58.2 Å². The zero-order valence-corrected chi connectivity index (χ0v) is 13.0. The van der Waals surface area contributed by atoms with Crippen molar-refractivity contribution >= 4 is 10.0 Å². The van der Waals surface area contributed by atoms with Gasteiger partial charge in [-0.05, 0) is 50.3 Å². The molecule has 1 aromatic rings. The van der Waals surface area contributed by atoms with Crippen LogP contribution in [0.4, 0.5) is 0 Å². The first-order valence-corrected chi connectivity index (χ1v) is 8.84. The molecule has 0 saturated heterocycles. The predicted molar refractivity (Wildman–Crippen MR) is 80.9 cm³/mol. The van der Waals surface area contributed by atoms with E-state index in [1.54, 1.807) is 12.1 Å². The highest BCUT2D eigenvalue weighted by Crippen LogP contribution is 2.33. The van der Waals surface area contributed by atoms with E-state index in [4.69, 9.17) is 0 Å². The fraction of sp³-hybridized carbons (Fsp3) is 0.600. The lowest BCUT2D eigenvalue weighted by Crippen LogP contribution is -2.34. The zero-order valence-electron chi connectivity index (χ0n) is 12.2. The van der Waals surface area contributed by atoms with Crippen LogP contribution in [-0.2, 0) is 16.6 Å². The molecule has 4 nitrogen and oxygen atoms in total. The number of nitrogens with one attached hydrogen (secondary N) is 2. The van der Waals surface area contributed by atoms with Crippen LogP contribution in [0.15, 0.2) is 29.2 Å². The van der Waals surface area contributed by atoms with E-state index in [0.29, 0.717) is 17.4 Å². The molecule has 2 N–H and O–H groups in total. The summed E-state index contributed by atoms with van der Waals surface area (Å²) in [6.45, 7) is 5.52. The normalized spacial score (nSPS) is 17.1. The van der Waals surface area contributed by atoms with Gasteiger partial charge in [0.15, 0.2) is 0 Å². The van der Waals surface area contributed by atoms with Crippen molar-refractivity contribution in [3.05, 3.63) is 29.8 Å². The first kappa shape index (κ1) is 15.5. The van der Waals surface area contributed by atoms with Crippen LogP contribution in [0.5, 0.6) is 0 Å². The Labute approximate surface area is 122 Å². The van der Waals surface area contributed by atoms with Crippen molar-refractivity contribution < 1.29 is 8.42 Å². The predicted octanol–water partition coefficient (Wildman–Crippen LogP) is 2.26. The Hall–Kier alpha value is -0.910. The van der Waals surface area contributed by atoms with Gasteiger partial charge < -0.3 is 5.32 Å². The van der Waals surface area contributed by atoms with Crippen molar-refractivity contribution in [3.63, 3.8) is 0 Å². The average molecular weight is 296 g/mol. The van der Waals surface area contributed by atoms with Gasteiger partial charge in [0.05, 0.1) is 4.90 Å². The second-order valence-electron chi connectivity index (χ2n) is 5.53. The second kappa shape index (κ2) is 6.70. The summed E-state index contributed by atoms with van der Waals surface area (Å²) in [4.78, 5) is 0.399. The SMILES string of the molecule is CCCNCc1ccccc1S(=O)(=O)NC(C)C1CC1. The summed E-state index contributed by atoms with van der Waals surface area (Å²) in [7, 11) is -3.42. The summed E-state index contributed by atoms with van der Waals surface area (Å²) < 4.78 is 27.8. The van der Waals surface area contributed by atoms with E-state index in [0.717, 1.165) is 31.4 Å². The van der Waals surface area contributed by atoms with Crippen LogP contribution in [-0.4, -0.2) is 21.0 Å². The lowest BCUT2D eigenvalue weighted by atomic mass is 10.2. The monoisotopic (exact) mass is 296 g/mol. The van der Waals surface area contributed by atoms with E-state index in [2.05, 4.69) is 17.0 Å². The van der Waals surface area contributed by atoms with Crippen molar-refractivity contribution in [1.82, 2.24) is 10.0 Å². The molecule has 1 fully saturated rings. The molecule has 1 atom stereocenters. The molecule has 1 aliphatic rings. The van der Waals surface area contributed by atoms with Crippen molar-refractivity contribution in [2.24, 2.45) is 5.92 Å². The molecule has 20 heavy (non-hydrogen) atoms. The lowest BCUT2D eigenvalue weighted by molar-refractivity contribution is 0.536. The Bertz CT molecular complexity index is 539. The standard InChI is InChI=1S/C15H24N2O2S/c1-3-10-16-11-14-6-4-5-7-15(14)20(18,19)17-12(2)13-8-9-13/h4-7,12-13,16-17H,3,8-11H2,1-2H3. The third-order valence-electron chi connectivity index (χ3n) is 3.67. The Morgan fingerprint density at radius 3 is 2.65 bits per heavy atom. The van der Waals surface area contributed by atoms with Crippen molar-refractivity contribution in [2.75, 3.05) is 6.54 Å². The maximum absolute atomic E-state index is 12.5. The fourth-order valence-electron chi connectivity index (χ4n) is 2.31. The smallest absolute Gasteiger partial charge is 0.241 e. The molecule has 1 aliphatic carbocycles. The van der Waals surface area contributed by atoms with E-state index in [1.165, 1.54) is 0 Å². The van der Waals surface area contributed by atoms with Crippen molar-refractivity contribution in [2.45, 2.75) is 50.6 Å². The van der Waals surface area contributed by atoms with Gasteiger partial charge in [-0.2, -0.15) is 0 Å². The quantitative estimate of drug-likeness (QED) is 0.724. The molecule has 0 spiro atoms. The number of hydrogen-bond acceptors (Lipinski definition) is 3. The van der Waals surface area contributed by atoms with Gasteiger partial charge >= 0.3 is 0 Å². The molecule has 1 unspecified atom stereocenters. The second-order valence-corrected chi connectivity index (χ2v) is 7.21. The first-order chi connectivity index (χ1) is 9.54. The molecular formula is C15H24N2O2S. The Morgan fingerprint density at radius 1 is 1.30 bits per heavy atom. The van der Waals surface area contributed by atoms with Crippen molar-refractivity contribution in [3.8, 4) is 0 Å². The summed E-state index contributed by atoms with van der Waals surface area (Å²) in [5.41, 5.74) is 0.830. The molecule has 5 heteroatoms. The summed E-state index contributed by atoms with van der Waals surface area (Å²) >= 11 is 0. The summed E-state index contributed by atoms with van der Waals surface area (Å²) in [6, 6.07) is 7.24. The number of sulfonamides is 1. The molecular weight excluding hydrogens is 272 g/mol. The van der Waals surface area contributed by atoms with Gasteiger partial charge in [0.25, 0.3) is 0 Å². The van der Waals surface area contributed by atoms with E-state index in [1.807, 2.05) is 19.1 Å². The molecule has 0 aromatic heterocycles. The van der Waals surface area contributed by atoms with Gasteiger partial charge in [0.1, 0.15) is 0 Å². The van der Waals surface area contributed by atoms with Crippen LogP contribution in [0.1, 0.15) is 38.7 Å². The van der Waals surface area contributed by atoms with E-state index in [-0.39, 0.29) is 6.04 Å². The fourth-order valence-corrected chi connectivity index (χ4v) is 3.86. The summed E-state index contributed by atoms with van der Waals surface area (Å²) in [5, 5.41) is 3.26. The number of hydrogen-bond donors (Lipinski definition) is 2. The Balaban J connectivity index is 2.12. The summed E-state index contributed by atoms with van der Waals surface area (Å²) in [6.07, 6.45) is 3.29. The Morgan fingerprint density at radius 2 is 2.00 bits per heavy atom. The zero-order chi connectivity index (χ0) is 14.6. The maximum Gasteiger partial charge on any atom is 0.241 e. The van der Waals surface area contributed by atoms with E-state index < -0.39 is 10.0 Å². The van der Waals surface area contributed by atoms with Gasteiger partial charge in [-0.3, -0.25) is 0 Å².